The highest BCUT2D eigenvalue weighted by Gasteiger charge is 2.34. The van der Waals surface area contributed by atoms with Crippen molar-refractivity contribution in [1.29, 1.82) is 0 Å². The lowest BCUT2D eigenvalue weighted by molar-refractivity contribution is -0.0880. The molecule has 1 aromatic carbocycles. The van der Waals surface area contributed by atoms with E-state index in [4.69, 9.17) is 0 Å². The third-order valence-electron chi connectivity index (χ3n) is 2.31. The molecule has 1 aliphatic rings. The molecule has 0 saturated carbocycles. The lowest BCUT2D eigenvalue weighted by Gasteiger charge is -2.14. The van der Waals surface area contributed by atoms with Crippen LogP contribution in [0.3, 0.4) is 0 Å². The average Bonchev–Trinajstić information content (AvgIpc) is 2.27. The molecule has 2 rings (SSSR count). The fourth-order valence-electron chi connectivity index (χ4n) is 1.56. The highest BCUT2D eigenvalue weighted by Crippen LogP contribution is 2.34. The summed E-state index contributed by atoms with van der Waals surface area (Å²) >= 11 is 0. The summed E-state index contributed by atoms with van der Waals surface area (Å²) in [6.45, 7) is 0. The Balaban J connectivity index is 2.58. The van der Waals surface area contributed by atoms with Gasteiger partial charge in [-0.3, -0.25) is 0 Å². The summed E-state index contributed by atoms with van der Waals surface area (Å²) in [5, 5.41) is 0.680. The number of alkyl halides is 3. The fourth-order valence-corrected chi connectivity index (χ4v) is 2.83. The first-order chi connectivity index (χ1) is 8.28. The van der Waals surface area contributed by atoms with Gasteiger partial charge in [-0.05, 0) is 6.08 Å². The number of hydrogen-bond acceptors (Lipinski definition) is 2. The van der Waals surface area contributed by atoms with Crippen LogP contribution in [0, 0.1) is 0 Å². The summed E-state index contributed by atoms with van der Waals surface area (Å²) in [5.74, 6) is 0. The minimum absolute atomic E-state index is 0.0953. The molecule has 0 N–H and O–H groups in total. The molecule has 0 amide bonds. The Morgan fingerprint density at radius 2 is 1.78 bits per heavy atom. The van der Waals surface area contributed by atoms with Crippen molar-refractivity contribution in [1.82, 2.24) is 0 Å². The monoisotopic (exact) mass is 273 g/mol. The van der Waals surface area contributed by atoms with Gasteiger partial charge in [0.15, 0.2) is 0 Å². The van der Waals surface area contributed by atoms with Crippen LogP contribution in [0.25, 0.3) is 5.70 Å². The second kappa shape index (κ2) is 4.28. The number of allylic oxidation sites excluding steroid dienone is 2. The zero-order chi connectivity index (χ0) is 13.4. The lowest BCUT2D eigenvalue weighted by atomic mass is 10.1. The molecule has 0 radical (unpaired) electrons. The summed E-state index contributed by atoms with van der Waals surface area (Å²) in [4.78, 5) is 0. The van der Waals surface area contributed by atoms with Crippen molar-refractivity contribution >= 4 is 15.4 Å². The highest BCUT2D eigenvalue weighted by molar-refractivity contribution is 7.96. The van der Waals surface area contributed by atoms with E-state index in [0.717, 1.165) is 6.08 Å². The van der Waals surface area contributed by atoms with Gasteiger partial charge in [0, 0.05) is 17.2 Å². The Hall–Kier alpha value is -1.56. The Bertz CT molecular complexity index is 635. The van der Waals surface area contributed by atoms with Crippen molar-refractivity contribution in [2.45, 2.75) is 6.18 Å². The van der Waals surface area contributed by atoms with Crippen LogP contribution in [0.5, 0.6) is 0 Å². The summed E-state index contributed by atoms with van der Waals surface area (Å²) in [7, 11) is -2.99. The number of halogens is 3. The SMILES string of the molecule is CS1(=O)=NC(c2ccccc2)=CC(C(F)(F)F)=C1. The molecule has 0 aromatic heterocycles. The van der Waals surface area contributed by atoms with Crippen LogP contribution in [0.15, 0.2) is 51.8 Å². The molecule has 18 heavy (non-hydrogen) atoms. The maximum atomic E-state index is 12.7. The van der Waals surface area contributed by atoms with Gasteiger partial charge in [-0.15, -0.1) is 0 Å². The molecule has 1 atom stereocenters. The van der Waals surface area contributed by atoms with E-state index < -0.39 is 21.5 Å². The van der Waals surface area contributed by atoms with E-state index in [1.165, 1.54) is 6.26 Å². The van der Waals surface area contributed by atoms with Crippen molar-refractivity contribution in [3.05, 3.63) is 53.0 Å². The van der Waals surface area contributed by atoms with Gasteiger partial charge in [-0.1, -0.05) is 30.3 Å². The van der Waals surface area contributed by atoms with Crippen molar-refractivity contribution in [3.63, 3.8) is 0 Å². The van der Waals surface area contributed by atoms with E-state index in [-0.39, 0.29) is 5.70 Å². The van der Waals surface area contributed by atoms with Gasteiger partial charge in [-0.2, -0.15) is 17.5 Å². The van der Waals surface area contributed by atoms with Crippen LogP contribution in [0.1, 0.15) is 5.56 Å². The minimum atomic E-state index is -4.52. The van der Waals surface area contributed by atoms with E-state index in [9.17, 15) is 17.4 Å². The Labute approximate surface area is 103 Å². The van der Waals surface area contributed by atoms with E-state index in [1.807, 2.05) is 0 Å². The summed E-state index contributed by atoms with van der Waals surface area (Å²) in [6, 6.07) is 8.38. The molecule has 2 nitrogen and oxygen atoms in total. The Morgan fingerprint density at radius 3 is 2.33 bits per heavy atom. The maximum Gasteiger partial charge on any atom is 0.417 e. The van der Waals surface area contributed by atoms with Gasteiger partial charge in [0.1, 0.15) is 0 Å². The van der Waals surface area contributed by atoms with Gasteiger partial charge < -0.3 is 0 Å². The van der Waals surface area contributed by atoms with Crippen molar-refractivity contribution in [2.24, 2.45) is 4.36 Å². The van der Waals surface area contributed by atoms with Crippen molar-refractivity contribution in [3.8, 4) is 0 Å². The predicted octanol–water partition coefficient (Wildman–Crippen LogP) is 3.59. The molecular weight excluding hydrogens is 263 g/mol. The Morgan fingerprint density at radius 1 is 1.17 bits per heavy atom. The summed E-state index contributed by atoms with van der Waals surface area (Å²) in [5.41, 5.74) is -0.302. The van der Waals surface area contributed by atoms with Crippen LogP contribution >= 0.6 is 0 Å². The van der Waals surface area contributed by atoms with Gasteiger partial charge in [-0.25, -0.2) is 4.21 Å². The molecule has 6 heteroatoms. The predicted molar refractivity (Wildman–Crippen MR) is 65.1 cm³/mol. The van der Waals surface area contributed by atoms with Crippen LogP contribution in [0.2, 0.25) is 0 Å². The largest absolute Gasteiger partial charge is 0.417 e. The van der Waals surface area contributed by atoms with Crippen LogP contribution in [-0.2, 0) is 9.73 Å². The van der Waals surface area contributed by atoms with E-state index in [0.29, 0.717) is 11.0 Å². The van der Waals surface area contributed by atoms with Crippen LogP contribution in [-0.4, -0.2) is 16.6 Å². The second-order valence-electron chi connectivity index (χ2n) is 3.92. The average molecular weight is 273 g/mol. The van der Waals surface area contributed by atoms with Crippen LogP contribution < -0.4 is 0 Å². The first-order valence-electron chi connectivity index (χ1n) is 5.06. The number of rotatable bonds is 1. The van der Waals surface area contributed by atoms with Crippen molar-refractivity contribution in [2.75, 3.05) is 6.26 Å². The van der Waals surface area contributed by atoms with Gasteiger partial charge >= 0.3 is 6.18 Å². The zero-order valence-electron chi connectivity index (χ0n) is 9.44. The first-order valence-corrected chi connectivity index (χ1v) is 7.05. The quantitative estimate of drug-likeness (QED) is 0.769. The molecule has 1 aliphatic heterocycles. The smallest absolute Gasteiger partial charge is 0.245 e. The molecule has 0 spiro atoms. The fraction of sp³-hybridized carbons (Fsp3) is 0.167. The molecule has 1 aromatic rings. The van der Waals surface area contributed by atoms with Gasteiger partial charge in [0.2, 0.25) is 0 Å². The molecular formula is C12H10F3NOS. The molecule has 0 aliphatic carbocycles. The lowest BCUT2D eigenvalue weighted by Crippen LogP contribution is -2.14. The van der Waals surface area contributed by atoms with Gasteiger partial charge in [0.25, 0.3) is 0 Å². The standard InChI is InChI=1S/C12H10F3NOS/c1-18(17)8-10(12(13,14)15)7-11(16-18)9-5-3-2-4-6-9/h2-8H,1H3. The molecule has 0 bridgehead atoms. The number of benzene rings is 1. The third-order valence-corrected chi connectivity index (χ3v) is 3.56. The van der Waals surface area contributed by atoms with E-state index in [1.54, 1.807) is 30.3 Å². The van der Waals surface area contributed by atoms with Crippen LogP contribution in [0.4, 0.5) is 13.2 Å². The second-order valence-corrected chi connectivity index (χ2v) is 6.06. The minimum Gasteiger partial charge on any atom is -0.245 e. The normalized spacial score (nSPS) is 24.0. The summed E-state index contributed by atoms with van der Waals surface area (Å²) < 4.78 is 53.8. The third kappa shape index (κ3) is 2.81. The Kier molecular flexibility index (Phi) is 3.06. The number of hydrogen-bond donors (Lipinski definition) is 0. The van der Waals surface area contributed by atoms with Crippen molar-refractivity contribution < 1.29 is 17.4 Å². The topological polar surface area (TPSA) is 29.4 Å². The molecule has 0 fully saturated rings. The molecule has 0 saturated heterocycles. The molecule has 96 valence electrons. The summed E-state index contributed by atoms with van der Waals surface area (Å²) in [6.07, 6.45) is -2.41. The maximum absolute atomic E-state index is 12.7. The zero-order valence-corrected chi connectivity index (χ0v) is 10.3. The molecule has 1 heterocycles. The van der Waals surface area contributed by atoms with Gasteiger partial charge in [0.05, 0.1) is 21.0 Å². The first kappa shape index (κ1) is 12.9. The molecule has 1 unspecified atom stereocenters. The highest BCUT2D eigenvalue weighted by atomic mass is 32.2. The van der Waals surface area contributed by atoms with E-state index in [2.05, 4.69) is 4.36 Å². The number of nitrogens with zero attached hydrogens (tertiary/aromatic N) is 1. The van der Waals surface area contributed by atoms with E-state index >= 15 is 0 Å².